The van der Waals surface area contributed by atoms with Gasteiger partial charge >= 0.3 is 0 Å². The summed E-state index contributed by atoms with van der Waals surface area (Å²) in [6, 6.07) is 5.83. The van der Waals surface area contributed by atoms with Crippen molar-refractivity contribution in [3.8, 4) is 11.5 Å². The van der Waals surface area contributed by atoms with Gasteiger partial charge < -0.3 is 19.2 Å². The average Bonchev–Trinajstić information content (AvgIpc) is 2.83. The molecule has 1 N–H and O–H groups in total. The van der Waals surface area contributed by atoms with E-state index in [0.717, 1.165) is 29.8 Å². The summed E-state index contributed by atoms with van der Waals surface area (Å²) >= 11 is 6.25. The first-order valence-corrected chi connectivity index (χ1v) is 7.00. The van der Waals surface area contributed by atoms with Gasteiger partial charge in [-0.05, 0) is 23.8 Å². The Morgan fingerprint density at radius 1 is 1.10 bits per heavy atom. The van der Waals surface area contributed by atoms with Crippen molar-refractivity contribution in [2.24, 2.45) is 0 Å². The maximum absolute atomic E-state index is 6.25. The van der Waals surface area contributed by atoms with Crippen molar-refractivity contribution >= 4 is 11.6 Å². The summed E-state index contributed by atoms with van der Waals surface area (Å²) in [6.07, 6.45) is 4.27. The van der Waals surface area contributed by atoms with E-state index < -0.39 is 0 Å². The van der Waals surface area contributed by atoms with Crippen LogP contribution in [0.25, 0.3) is 0 Å². The maximum Gasteiger partial charge on any atom is 0.179 e. The summed E-state index contributed by atoms with van der Waals surface area (Å²) in [7, 11) is 0. The van der Waals surface area contributed by atoms with E-state index in [2.05, 4.69) is 5.32 Å². The van der Waals surface area contributed by atoms with Crippen LogP contribution < -0.4 is 14.8 Å². The Morgan fingerprint density at radius 3 is 2.80 bits per heavy atom. The first kappa shape index (κ1) is 13.3. The van der Waals surface area contributed by atoms with Crippen molar-refractivity contribution in [2.75, 3.05) is 13.2 Å². The molecule has 0 saturated carbocycles. The third kappa shape index (κ3) is 3.08. The van der Waals surface area contributed by atoms with Gasteiger partial charge in [0.05, 0.1) is 30.8 Å². The van der Waals surface area contributed by atoms with Gasteiger partial charge in [0, 0.05) is 25.1 Å². The predicted molar refractivity (Wildman–Crippen MR) is 76.3 cm³/mol. The Bertz CT molecular complexity index is 569. The fourth-order valence-electron chi connectivity index (χ4n) is 2.13. The number of furan rings is 1. The summed E-state index contributed by atoms with van der Waals surface area (Å²) in [5.41, 5.74) is 2.19. The molecule has 0 unspecified atom stereocenters. The number of benzene rings is 1. The van der Waals surface area contributed by atoms with Crippen molar-refractivity contribution in [3.63, 3.8) is 0 Å². The first-order valence-electron chi connectivity index (χ1n) is 6.63. The van der Waals surface area contributed by atoms with Crippen molar-refractivity contribution in [1.29, 1.82) is 0 Å². The quantitative estimate of drug-likeness (QED) is 0.938. The number of ether oxygens (including phenoxy) is 2. The van der Waals surface area contributed by atoms with Crippen molar-refractivity contribution < 1.29 is 13.9 Å². The van der Waals surface area contributed by atoms with E-state index in [9.17, 15) is 0 Å². The first-order chi connectivity index (χ1) is 9.83. The highest BCUT2D eigenvalue weighted by atomic mass is 35.5. The molecule has 0 aliphatic carbocycles. The summed E-state index contributed by atoms with van der Waals surface area (Å²) in [4.78, 5) is 0. The predicted octanol–water partition coefficient (Wildman–Crippen LogP) is 3.38. The molecule has 0 bridgehead atoms. The Balaban J connectivity index is 1.67. The van der Waals surface area contributed by atoms with E-state index in [1.54, 1.807) is 12.5 Å². The highest BCUT2D eigenvalue weighted by molar-refractivity contribution is 6.32. The molecule has 0 atom stereocenters. The van der Waals surface area contributed by atoms with Crippen LogP contribution in [0.15, 0.2) is 35.1 Å². The highest BCUT2D eigenvalue weighted by Gasteiger charge is 2.15. The molecule has 0 spiro atoms. The second-order valence-electron chi connectivity index (χ2n) is 4.69. The number of rotatable bonds is 4. The van der Waals surface area contributed by atoms with E-state index in [0.29, 0.717) is 30.5 Å². The van der Waals surface area contributed by atoms with E-state index in [1.807, 2.05) is 18.2 Å². The Hall–Kier alpha value is -1.65. The minimum absolute atomic E-state index is 0.601. The van der Waals surface area contributed by atoms with E-state index in [1.165, 1.54) is 0 Å². The van der Waals surface area contributed by atoms with Crippen molar-refractivity contribution in [1.82, 2.24) is 5.32 Å². The molecule has 1 aliphatic rings. The average molecular weight is 294 g/mol. The van der Waals surface area contributed by atoms with Gasteiger partial charge in [-0.2, -0.15) is 0 Å². The Morgan fingerprint density at radius 2 is 1.95 bits per heavy atom. The number of hydrogen-bond donors (Lipinski definition) is 1. The summed E-state index contributed by atoms with van der Waals surface area (Å²) in [5, 5.41) is 3.94. The van der Waals surface area contributed by atoms with Crippen LogP contribution in [0.1, 0.15) is 17.5 Å². The molecular weight excluding hydrogens is 278 g/mol. The van der Waals surface area contributed by atoms with Crippen LogP contribution in [0.4, 0.5) is 0 Å². The van der Waals surface area contributed by atoms with Gasteiger partial charge in [0.15, 0.2) is 11.5 Å². The molecule has 0 radical (unpaired) electrons. The highest BCUT2D eigenvalue weighted by Crippen LogP contribution is 2.37. The fraction of sp³-hybridized carbons (Fsp3) is 0.333. The van der Waals surface area contributed by atoms with Crippen LogP contribution in [0, 0.1) is 0 Å². The molecule has 0 saturated heterocycles. The number of halogens is 1. The molecule has 1 aromatic heterocycles. The van der Waals surface area contributed by atoms with Crippen LogP contribution in [0.5, 0.6) is 11.5 Å². The molecule has 2 heterocycles. The largest absolute Gasteiger partial charge is 0.489 e. The SMILES string of the molecule is Clc1cc(CNCc2ccoc2)cc2c1OCCCO2. The molecule has 0 amide bonds. The monoisotopic (exact) mass is 293 g/mol. The molecule has 20 heavy (non-hydrogen) atoms. The third-order valence-electron chi connectivity index (χ3n) is 3.10. The zero-order chi connectivity index (χ0) is 13.8. The van der Waals surface area contributed by atoms with Gasteiger partial charge in [-0.3, -0.25) is 0 Å². The summed E-state index contributed by atoms with van der Waals surface area (Å²) in [5.74, 6) is 1.39. The molecule has 106 valence electrons. The molecule has 0 fully saturated rings. The second kappa shape index (κ2) is 6.20. The maximum atomic E-state index is 6.25. The molecular formula is C15H16ClNO3. The number of nitrogens with one attached hydrogen (secondary N) is 1. The Kier molecular flexibility index (Phi) is 4.14. The number of hydrogen-bond acceptors (Lipinski definition) is 4. The van der Waals surface area contributed by atoms with Crippen LogP contribution >= 0.6 is 11.6 Å². The van der Waals surface area contributed by atoms with Gasteiger partial charge in [0.25, 0.3) is 0 Å². The normalized spacial score (nSPS) is 14.1. The van der Waals surface area contributed by atoms with E-state index >= 15 is 0 Å². The smallest absolute Gasteiger partial charge is 0.179 e. The van der Waals surface area contributed by atoms with Gasteiger partial charge in [0.1, 0.15) is 0 Å². The summed E-state index contributed by atoms with van der Waals surface area (Å²) in [6.45, 7) is 2.77. The van der Waals surface area contributed by atoms with Gasteiger partial charge in [0.2, 0.25) is 0 Å². The molecule has 2 aromatic rings. The summed E-state index contributed by atoms with van der Waals surface area (Å²) < 4.78 is 16.3. The Labute approximate surface area is 122 Å². The lowest BCUT2D eigenvalue weighted by Crippen LogP contribution is -2.12. The van der Waals surface area contributed by atoms with Gasteiger partial charge in [-0.15, -0.1) is 0 Å². The molecule has 1 aliphatic heterocycles. The van der Waals surface area contributed by atoms with E-state index in [4.69, 9.17) is 25.5 Å². The van der Waals surface area contributed by atoms with Crippen LogP contribution in [-0.4, -0.2) is 13.2 Å². The molecule has 4 nitrogen and oxygen atoms in total. The van der Waals surface area contributed by atoms with Crippen LogP contribution in [-0.2, 0) is 13.1 Å². The zero-order valence-electron chi connectivity index (χ0n) is 11.0. The third-order valence-corrected chi connectivity index (χ3v) is 3.38. The molecule has 5 heteroatoms. The second-order valence-corrected chi connectivity index (χ2v) is 5.10. The topological polar surface area (TPSA) is 43.6 Å². The fourth-order valence-corrected chi connectivity index (χ4v) is 2.42. The lowest BCUT2D eigenvalue weighted by Gasteiger charge is -2.12. The van der Waals surface area contributed by atoms with Crippen molar-refractivity contribution in [2.45, 2.75) is 19.5 Å². The van der Waals surface area contributed by atoms with E-state index in [-0.39, 0.29) is 0 Å². The molecule has 1 aromatic carbocycles. The van der Waals surface area contributed by atoms with Gasteiger partial charge in [-0.1, -0.05) is 11.6 Å². The number of fused-ring (bicyclic) bond motifs is 1. The molecule has 3 rings (SSSR count). The standard InChI is InChI=1S/C15H16ClNO3/c16-13-6-12(9-17-8-11-2-5-18-10-11)7-14-15(13)20-4-1-3-19-14/h2,5-7,10,17H,1,3-4,8-9H2. The van der Waals surface area contributed by atoms with Gasteiger partial charge in [-0.25, -0.2) is 0 Å². The zero-order valence-corrected chi connectivity index (χ0v) is 11.8. The van der Waals surface area contributed by atoms with Crippen LogP contribution in [0.2, 0.25) is 5.02 Å². The minimum Gasteiger partial charge on any atom is -0.489 e. The van der Waals surface area contributed by atoms with Crippen LogP contribution in [0.3, 0.4) is 0 Å². The van der Waals surface area contributed by atoms with Crippen molar-refractivity contribution in [3.05, 3.63) is 46.9 Å². The lowest BCUT2D eigenvalue weighted by molar-refractivity contribution is 0.297. The lowest BCUT2D eigenvalue weighted by atomic mass is 10.2. The minimum atomic E-state index is 0.601.